The normalized spacial score (nSPS) is 13.6. The summed E-state index contributed by atoms with van der Waals surface area (Å²) in [6, 6.07) is 3.91. The molecule has 1 aromatic carbocycles. The van der Waals surface area contributed by atoms with Gasteiger partial charge in [-0.1, -0.05) is 0 Å². The number of fused-ring (bicyclic) bond motifs is 2. The molecular weight excluding hydrogens is 461 g/mol. The summed E-state index contributed by atoms with van der Waals surface area (Å²) in [4.78, 5) is 29.3. The molecule has 0 fully saturated rings. The largest absolute Gasteiger partial charge is 0.441 e. The number of Topliss-reactive ketones (excluding diaryl/α,β-unsaturated/α-hetero) is 1. The van der Waals surface area contributed by atoms with Crippen molar-refractivity contribution in [1.82, 2.24) is 29.8 Å². The maximum absolute atomic E-state index is 14.1. The summed E-state index contributed by atoms with van der Waals surface area (Å²) in [6.45, 7) is 9.48. The zero-order valence-electron chi connectivity index (χ0n) is 21.0. The lowest BCUT2D eigenvalue weighted by molar-refractivity contribution is 0.0994. The minimum absolute atomic E-state index is 0.00185. The summed E-state index contributed by atoms with van der Waals surface area (Å²) in [7, 11) is 0. The van der Waals surface area contributed by atoms with Gasteiger partial charge >= 0.3 is 6.08 Å². The number of nitrogen functional groups attached to an aromatic ring is 1. The number of nitrogens with zero attached hydrogens (tertiary/aromatic N) is 5. The fraction of sp³-hybridized carbons (Fsp3) is 0.423. The number of halogens is 1. The van der Waals surface area contributed by atoms with Crippen molar-refractivity contribution in [3.8, 4) is 11.5 Å². The Morgan fingerprint density at radius 2 is 1.97 bits per heavy atom. The lowest BCUT2D eigenvalue weighted by Gasteiger charge is -2.20. The molecule has 1 aliphatic rings. The van der Waals surface area contributed by atoms with Gasteiger partial charge in [0.15, 0.2) is 22.8 Å². The van der Waals surface area contributed by atoms with Crippen LogP contribution < -0.4 is 11.1 Å². The Bertz CT molecular complexity index is 1470. The Morgan fingerprint density at radius 3 is 2.69 bits per heavy atom. The Morgan fingerprint density at radius 1 is 1.17 bits per heavy atom. The molecule has 3 N–H and O–H groups in total. The van der Waals surface area contributed by atoms with Crippen LogP contribution in [0, 0.1) is 13.0 Å². The third kappa shape index (κ3) is 4.73. The third-order valence-electron chi connectivity index (χ3n) is 6.34. The molecular formula is C26H30FN7O2. The molecule has 4 aromatic rings. The number of anilines is 1. The van der Waals surface area contributed by atoms with Gasteiger partial charge in [0.1, 0.15) is 11.6 Å². The molecule has 9 nitrogen and oxygen atoms in total. The van der Waals surface area contributed by atoms with Crippen LogP contribution in [-0.2, 0) is 19.4 Å². The first-order valence-electron chi connectivity index (χ1n) is 12.1. The summed E-state index contributed by atoms with van der Waals surface area (Å²) in [6.07, 6.45) is 3.12. The van der Waals surface area contributed by atoms with Gasteiger partial charge in [0.05, 0.1) is 6.20 Å². The zero-order chi connectivity index (χ0) is 25.6. The van der Waals surface area contributed by atoms with E-state index in [0.29, 0.717) is 54.4 Å². The number of nitrogens with two attached hydrogens (primary N) is 1. The van der Waals surface area contributed by atoms with Gasteiger partial charge in [-0.2, -0.15) is 14.4 Å². The number of carbonyl (C=O) groups is 1. The van der Waals surface area contributed by atoms with E-state index in [0.717, 1.165) is 35.2 Å². The second kappa shape index (κ2) is 9.09. The molecule has 36 heavy (non-hydrogen) atoms. The quantitative estimate of drug-likeness (QED) is 0.293. The molecule has 0 bridgehead atoms. The van der Waals surface area contributed by atoms with Crippen molar-refractivity contribution >= 4 is 22.8 Å². The van der Waals surface area contributed by atoms with Crippen molar-refractivity contribution in [1.29, 1.82) is 0 Å². The van der Waals surface area contributed by atoms with Crippen LogP contribution >= 0.6 is 0 Å². The topological polar surface area (TPSA) is 125 Å². The highest BCUT2D eigenvalue weighted by Crippen LogP contribution is 2.33. The van der Waals surface area contributed by atoms with Crippen molar-refractivity contribution in [3.63, 3.8) is 0 Å². The van der Waals surface area contributed by atoms with Crippen molar-refractivity contribution < 1.29 is 13.6 Å². The number of oxazole rings is 1. The van der Waals surface area contributed by atoms with Crippen molar-refractivity contribution in [2.24, 2.45) is 0 Å². The number of imidazole rings is 1. The molecule has 188 valence electrons. The van der Waals surface area contributed by atoms with Crippen LogP contribution in [0.5, 0.6) is 0 Å². The number of ketones is 1. The molecule has 3 aromatic heterocycles. The molecule has 0 saturated carbocycles. The highest BCUT2D eigenvalue weighted by molar-refractivity contribution is 6.01. The first-order chi connectivity index (χ1) is 17.1. The molecule has 0 unspecified atom stereocenters. The molecule has 0 aliphatic heterocycles. The van der Waals surface area contributed by atoms with Gasteiger partial charge in [0.25, 0.3) is 0 Å². The standard InChI is InChI=1S/C26H30FN7O2/c1-14-13-29-24(36-14)18-10-15-6-7-19(35)17(15)11-16(18)12-20-31-21-22(28)32-25(27)33-23(21)34(20)9-5-8-30-26(2,3)4/h10-11,13,30H,5-9,12H2,1-4H3,(H2,28,32,33). The second-order valence-electron chi connectivity index (χ2n) is 10.3. The number of aryl methyl sites for hydroxylation is 3. The fourth-order valence-corrected chi connectivity index (χ4v) is 4.64. The fourth-order valence-electron chi connectivity index (χ4n) is 4.64. The predicted octanol–water partition coefficient (Wildman–Crippen LogP) is 4.01. The first-order valence-corrected chi connectivity index (χ1v) is 12.1. The van der Waals surface area contributed by atoms with Gasteiger partial charge in [0, 0.05) is 36.1 Å². The predicted molar refractivity (Wildman–Crippen MR) is 134 cm³/mol. The monoisotopic (exact) mass is 491 g/mol. The minimum atomic E-state index is -0.889. The number of hydrogen-bond donors (Lipinski definition) is 2. The van der Waals surface area contributed by atoms with Crippen molar-refractivity contribution in [2.75, 3.05) is 12.3 Å². The summed E-state index contributed by atoms with van der Waals surface area (Å²) in [5, 5.41) is 3.47. The van der Waals surface area contributed by atoms with E-state index in [1.54, 1.807) is 6.20 Å². The van der Waals surface area contributed by atoms with E-state index >= 15 is 0 Å². The van der Waals surface area contributed by atoms with Crippen LogP contribution in [0.15, 0.2) is 22.7 Å². The number of nitrogens with one attached hydrogen (secondary N) is 1. The van der Waals surface area contributed by atoms with Crippen LogP contribution in [0.25, 0.3) is 22.6 Å². The molecule has 0 radical (unpaired) electrons. The van der Waals surface area contributed by atoms with E-state index in [-0.39, 0.29) is 17.1 Å². The van der Waals surface area contributed by atoms with E-state index in [9.17, 15) is 9.18 Å². The summed E-state index contributed by atoms with van der Waals surface area (Å²) in [5.41, 5.74) is 10.1. The van der Waals surface area contributed by atoms with Crippen LogP contribution in [0.1, 0.15) is 66.7 Å². The molecule has 3 heterocycles. The molecule has 0 spiro atoms. The van der Waals surface area contributed by atoms with Gasteiger partial charge in [0.2, 0.25) is 5.89 Å². The molecule has 10 heteroatoms. The number of benzene rings is 1. The number of rotatable bonds is 7. The minimum Gasteiger partial charge on any atom is -0.441 e. The van der Waals surface area contributed by atoms with Gasteiger partial charge in [-0.3, -0.25) is 4.79 Å². The zero-order valence-corrected chi connectivity index (χ0v) is 21.0. The van der Waals surface area contributed by atoms with E-state index in [2.05, 4.69) is 41.0 Å². The van der Waals surface area contributed by atoms with Gasteiger partial charge < -0.3 is 20.0 Å². The molecule has 1 aliphatic carbocycles. The summed E-state index contributed by atoms with van der Waals surface area (Å²) < 4.78 is 21.9. The SMILES string of the molecule is Cc1cnc(-c2cc3c(cc2Cc2nc4c(N)nc(F)nc4n2CCCNC(C)(C)C)C(=O)CC3)o1. The smallest absolute Gasteiger partial charge is 0.312 e. The Labute approximate surface area is 208 Å². The summed E-state index contributed by atoms with van der Waals surface area (Å²) >= 11 is 0. The van der Waals surface area contributed by atoms with Crippen molar-refractivity contribution in [3.05, 3.63) is 52.7 Å². The van der Waals surface area contributed by atoms with Gasteiger partial charge in [-0.15, -0.1) is 0 Å². The highest BCUT2D eigenvalue weighted by Gasteiger charge is 2.25. The van der Waals surface area contributed by atoms with E-state index in [1.807, 2.05) is 23.6 Å². The highest BCUT2D eigenvalue weighted by atomic mass is 19.1. The van der Waals surface area contributed by atoms with E-state index in [4.69, 9.17) is 15.1 Å². The van der Waals surface area contributed by atoms with Crippen LogP contribution in [0.4, 0.5) is 10.2 Å². The van der Waals surface area contributed by atoms with E-state index < -0.39 is 6.08 Å². The number of aromatic nitrogens is 5. The van der Waals surface area contributed by atoms with Crippen molar-refractivity contribution in [2.45, 2.75) is 65.5 Å². The molecule has 0 atom stereocenters. The molecule has 0 amide bonds. The maximum Gasteiger partial charge on any atom is 0.312 e. The number of hydrogen-bond acceptors (Lipinski definition) is 8. The second-order valence-corrected chi connectivity index (χ2v) is 10.3. The van der Waals surface area contributed by atoms with Gasteiger partial charge in [-0.25, -0.2) is 9.97 Å². The third-order valence-corrected chi connectivity index (χ3v) is 6.34. The van der Waals surface area contributed by atoms with Gasteiger partial charge in [-0.05, 0) is 70.3 Å². The Balaban J connectivity index is 1.58. The molecule has 0 saturated heterocycles. The summed E-state index contributed by atoms with van der Waals surface area (Å²) in [5.74, 6) is 1.97. The van der Waals surface area contributed by atoms with Crippen LogP contribution in [0.3, 0.4) is 0 Å². The maximum atomic E-state index is 14.1. The number of carbonyl (C=O) groups excluding carboxylic acids is 1. The lowest BCUT2D eigenvalue weighted by atomic mass is 9.97. The van der Waals surface area contributed by atoms with E-state index in [1.165, 1.54) is 0 Å². The van der Waals surface area contributed by atoms with Crippen LogP contribution in [0.2, 0.25) is 0 Å². The average Bonchev–Trinajstić information content (AvgIpc) is 3.48. The average molecular weight is 492 g/mol. The lowest BCUT2D eigenvalue weighted by Crippen LogP contribution is -2.36. The Hall–Kier alpha value is -3.66. The molecule has 5 rings (SSSR count). The Kier molecular flexibility index (Phi) is 6.07. The van der Waals surface area contributed by atoms with Crippen LogP contribution in [-0.4, -0.2) is 42.4 Å². The first kappa shape index (κ1) is 24.1.